The largest absolute Gasteiger partial charge is 0.497 e. The Kier molecular flexibility index (Phi) is 4.67. The maximum Gasteiger partial charge on any atom is 0.340 e. The number of rotatable bonds is 5. The van der Waals surface area contributed by atoms with Gasteiger partial charge in [0.05, 0.1) is 25.1 Å². The van der Waals surface area contributed by atoms with E-state index in [-0.39, 0.29) is 16.9 Å². The van der Waals surface area contributed by atoms with Crippen LogP contribution in [0.1, 0.15) is 6.92 Å². The van der Waals surface area contributed by atoms with Crippen molar-refractivity contribution in [1.29, 1.82) is 5.41 Å². The van der Waals surface area contributed by atoms with Crippen LogP contribution in [0.3, 0.4) is 0 Å². The molecule has 7 heteroatoms. The minimum absolute atomic E-state index is 0.0287. The predicted molar refractivity (Wildman–Crippen MR) is 101 cm³/mol. The van der Waals surface area contributed by atoms with Crippen molar-refractivity contribution in [3.05, 3.63) is 48.5 Å². The van der Waals surface area contributed by atoms with Crippen molar-refractivity contribution in [2.24, 2.45) is 0 Å². The first-order valence-corrected chi connectivity index (χ1v) is 8.11. The molecule has 0 radical (unpaired) electrons. The molecule has 0 aromatic heterocycles. The normalized spacial score (nSPS) is 14.2. The lowest BCUT2D eigenvalue weighted by molar-refractivity contribution is 0.257. The molecule has 2 amide bonds. The Morgan fingerprint density at radius 1 is 0.960 bits per heavy atom. The van der Waals surface area contributed by atoms with Crippen LogP contribution in [0.2, 0.25) is 0 Å². The van der Waals surface area contributed by atoms with Crippen LogP contribution in [-0.4, -0.2) is 30.6 Å². The SMILES string of the molecule is CCOc1ccc(N2C(=O)N(c3ccc(OC)cc3)C(=N)C2=S)cc1. The third-order valence-electron chi connectivity index (χ3n) is 3.75. The Bertz CT molecular complexity index is 818. The van der Waals surface area contributed by atoms with Gasteiger partial charge in [0.25, 0.3) is 0 Å². The summed E-state index contributed by atoms with van der Waals surface area (Å²) in [6.45, 7) is 2.47. The van der Waals surface area contributed by atoms with Gasteiger partial charge < -0.3 is 9.47 Å². The van der Waals surface area contributed by atoms with Crippen molar-refractivity contribution in [3.8, 4) is 11.5 Å². The molecule has 0 bridgehead atoms. The monoisotopic (exact) mass is 355 g/mol. The van der Waals surface area contributed by atoms with E-state index in [1.807, 2.05) is 6.92 Å². The fourth-order valence-corrected chi connectivity index (χ4v) is 2.82. The van der Waals surface area contributed by atoms with Gasteiger partial charge in [-0.15, -0.1) is 0 Å². The number of urea groups is 1. The summed E-state index contributed by atoms with van der Waals surface area (Å²) in [5.74, 6) is 1.36. The Morgan fingerprint density at radius 3 is 2.00 bits per heavy atom. The highest BCUT2D eigenvalue weighted by molar-refractivity contribution is 7.82. The zero-order valence-electron chi connectivity index (χ0n) is 13.9. The Hall–Kier alpha value is -2.93. The quantitative estimate of drug-likeness (QED) is 0.828. The third kappa shape index (κ3) is 3.06. The molecule has 0 aliphatic carbocycles. The number of carbonyl (C=O) groups excluding carboxylic acids is 1. The summed E-state index contributed by atoms with van der Waals surface area (Å²) in [4.78, 5) is 15.6. The number of methoxy groups -OCH3 is 1. The van der Waals surface area contributed by atoms with Gasteiger partial charge >= 0.3 is 6.03 Å². The summed E-state index contributed by atoms with van der Waals surface area (Å²) < 4.78 is 10.5. The van der Waals surface area contributed by atoms with Gasteiger partial charge in [-0.3, -0.25) is 5.41 Å². The van der Waals surface area contributed by atoms with Crippen LogP contribution in [0, 0.1) is 5.41 Å². The average Bonchev–Trinajstić information content (AvgIpc) is 2.85. The number of anilines is 2. The minimum atomic E-state index is -0.385. The first kappa shape index (κ1) is 16.9. The van der Waals surface area contributed by atoms with Gasteiger partial charge in [0.15, 0.2) is 10.8 Å². The van der Waals surface area contributed by atoms with Crippen LogP contribution in [0.4, 0.5) is 16.2 Å². The lowest BCUT2D eigenvalue weighted by Gasteiger charge is -2.17. The number of amidine groups is 1. The molecule has 1 aliphatic rings. The van der Waals surface area contributed by atoms with Gasteiger partial charge in [0.2, 0.25) is 0 Å². The highest BCUT2D eigenvalue weighted by Crippen LogP contribution is 2.29. The van der Waals surface area contributed by atoms with Gasteiger partial charge in [0.1, 0.15) is 11.5 Å². The number of hydrogen-bond acceptors (Lipinski definition) is 5. The van der Waals surface area contributed by atoms with E-state index in [1.165, 1.54) is 9.80 Å². The van der Waals surface area contributed by atoms with Gasteiger partial charge in [-0.1, -0.05) is 12.2 Å². The van der Waals surface area contributed by atoms with E-state index in [4.69, 9.17) is 27.1 Å². The smallest absolute Gasteiger partial charge is 0.340 e. The number of nitrogens with one attached hydrogen (secondary N) is 1. The second-order valence-corrected chi connectivity index (χ2v) is 5.62. The van der Waals surface area contributed by atoms with Crippen LogP contribution >= 0.6 is 12.2 Å². The molecule has 0 saturated carbocycles. The molecule has 0 atom stereocenters. The summed E-state index contributed by atoms with van der Waals surface area (Å²) >= 11 is 5.31. The van der Waals surface area contributed by atoms with Crippen LogP contribution in [0.15, 0.2) is 48.5 Å². The summed E-state index contributed by atoms with van der Waals surface area (Å²) in [7, 11) is 1.57. The Morgan fingerprint density at radius 2 is 1.48 bits per heavy atom. The molecule has 1 aliphatic heterocycles. The van der Waals surface area contributed by atoms with E-state index in [2.05, 4.69) is 0 Å². The Labute approximate surface area is 151 Å². The van der Waals surface area contributed by atoms with Gasteiger partial charge in [0, 0.05) is 0 Å². The van der Waals surface area contributed by atoms with Crippen molar-refractivity contribution < 1.29 is 14.3 Å². The number of hydrogen-bond donors (Lipinski definition) is 1. The molecule has 0 spiro atoms. The molecule has 3 rings (SSSR count). The molecule has 1 saturated heterocycles. The maximum atomic E-state index is 12.9. The number of ether oxygens (including phenoxy) is 2. The van der Waals surface area contributed by atoms with Gasteiger partial charge in [-0.2, -0.15) is 0 Å². The fourth-order valence-electron chi connectivity index (χ4n) is 2.54. The van der Waals surface area contributed by atoms with E-state index < -0.39 is 0 Å². The first-order valence-electron chi connectivity index (χ1n) is 7.70. The number of thiocarbonyl (C=S) groups is 1. The van der Waals surface area contributed by atoms with Gasteiger partial charge in [-0.05, 0) is 55.5 Å². The topological polar surface area (TPSA) is 65.9 Å². The maximum absolute atomic E-state index is 12.9. The summed E-state index contributed by atoms with van der Waals surface area (Å²) in [6.07, 6.45) is 0. The molecule has 1 N–H and O–H groups in total. The van der Waals surface area contributed by atoms with Crippen LogP contribution in [0.5, 0.6) is 11.5 Å². The Balaban J connectivity index is 1.90. The second-order valence-electron chi connectivity index (χ2n) is 5.23. The zero-order valence-corrected chi connectivity index (χ0v) is 14.7. The van der Waals surface area contributed by atoms with E-state index >= 15 is 0 Å². The zero-order chi connectivity index (χ0) is 18.0. The van der Waals surface area contributed by atoms with Crippen molar-refractivity contribution in [3.63, 3.8) is 0 Å². The highest BCUT2D eigenvalue weighted by Gasteiger charge is 2.40. The lowest BCUT2D eigenvalue weighted by atomic mass is 10.3. The first-order chi connectivity index (χ1) is 12.1. The molecule has 1 fully saturated rings. The van der Waals surface area contributed by atoms with Gasteiger partial charge in [-0.25, -0.2) is 14.6 Å². The van der Waals surface area contributed by atoms with Crippen molar-refractivity contribution >= 4 is 40.4 Å². The van der Waals surface area contributed by atoms with E-state index in [0.29, 0.717) is 29.5 Å². The summed E-state index contributed by atoms with van der Waals surface area (Å²) in [5.41, 5.74) is 1.16. The van der Waals surface area contributed by atoms with E-state index in [1.54, 1.807) is 55.6 Å². The van der Waals surface area contributed by atoms with Crippen molar-refractivity contribution in [2.45, 2.75) is 6.92 Å². The van der Waals surface area contributed by atoms with Crippen LogP contribution < -0.4 is 19.3 Å². The number of amides is 2. The molecule has 128 valence electrons. The molecule has 2 aromatic carbocycles. The van der Waals surface area contributed by atoms with Crippen LogP contribution in [-0.2, 0) is 0 Å². The minimum Gasteiger partial charge on any atom is -0.497 e. The fraction of sp³-hybridized carbons (Fsp3) is 0.167. The van der Waals surface area contributed by atoms with E-state index in [0.717, 1.165) is 0 Å². The molecule has 6 nitrogen and oxygen atoms in total. The van der Waals surface area contributed by atoms with Crippen LogP contribution in [0.25, 0.3) is 0 Å². The molecular formula is C18H17N3O3S. The van der Waals surface area contributed by atoms with E-state index in [9.17, 15) is 4.79 Å². The second kappa shape index (κ2) is 6.90. The predicted octanol–water partition coefficient (Wildman–Crippen LogP) is 3.85. The standard InChI is InChI=1S/C18H17N3O3S/c1-3-24-15-10-6-13(7-11-15)21-17(25)16(19)20(18(21)22)12-4-8-14(23-2)9-5-12/h4-11,19H,3H2,1-2H3. The number of benzene rings is 2. The number of nitrogens with zero attached hydrogens (tertiary/aromatic N) is 2. The van der Waals surface area contributed by atoms with Crippen molar-refractivity contribution in [2.75, 3.05) is 23.5 Å². The van der Waals surface area contributed by atoms with Crippen molar-refractivity contribution in [1.82, 2.24) is 0 Å². The highest BCUT2D eigenvalue weighted by atomic mass is 32.1. The lowest BCUT2D eigenvalue weighted by Crippen LogP contribution is -2.33. The average molecular weight is 355 g/mol. The third-order valence-corrected chi connectivity index (χ3v) is 4.12. The molecule has 0 unspecified atom stereocenters. The molecule has 2 aromatic rings. The summed E-state index contributed by atoms with van der Waals surface area (Å²) in [5, 5.41) is 8.23. The molecule has 25 heavy (non-hydrogen) atoms. The summed E-state index contributed by atoms with van der Waals surface area (Å²) in [6, 6.07) is 13.6. The molecular weight excluding hydrogens is 338 g/mol. The number of carbonyl (C=O) groups is 1. The molecule has 1 heterocycles.